The van der Waals surface area contributed by atoms with Crippen LogP contribution < -0.4 is 21.1 Å². The number of urea groups is 1. The minimum atomic E-state index is -0.312. The number of fused-ring (bicyclic) bond motifs is 1. The number of nitrogens with one attached hydrogen (secondary N) is 2. The van der Waals surface area contributed by atoms with Gasteiger partial charge in [-0.1, -0.05) is 11.3 Å². The summed E-state index contributed by atoms with van der Waals surface area (Å²) >= 11 is 1.27. The van der Waals surface area contributed by atoms with Crippen LogP contribution in [0, 0.1) is 0 Å². The van der Waals surface area contributed by atoms with E-state index in [9.17, 15) is 4.79 Å². The van der Waals surface area contributed by atoms with Crippen LogP contribution in [0.2, 0.25) is 0 Å². The summed E-state index contributed by atoms with van der Waals surface area (Å²) in [6, 6.07) is 1.54. The average molecular weight is 401 g/mol. The molecule has 0 aliphatic carbocycles. The third-order valence-electron chi connectivity index (χ3n) is 4.06. The molecule has 3 aromatic heterocycles. The Morgan fingerprint density at radius 1 is 1.39 bits per heavy atom. The number of amides is 2. The van der Waals surface area contributed by atoms with Gasteiger partial charge >= 0.3 is 6.03 Å². The number of carbonyl (C=O) groups excluding carboxylic acids is 1. The van der Waals surface area contributed by atoms with Crippen LogP contribution in [0.3, 0.4) is 0 Å². The summed E-state index contributed by atoms with van der Waals surface area (Å²) in [4.78, 5) is 29.6. The summed E-state index contributed by atoms with van der Waals surface area (Å²) in [7, 11) is 0. The summed E-state index contributed by atoms with van der Waals surface area (Å²) in [5, 5.41) is 5.83. The Hall–Kier alpha value is -3.05. The van der Waals surface area contributed by atoms with E-state index in [4.69, 9.17) is 15.2 Å². The van der Waals surface area contributed by atoms with Gasteiger partial charge in [-0.15, -0.1) is 0 Å². The zero-order chi connectivity index (χ0) is 19.5. The molecule has 2 amide bonds. The maximum atomic E-state index is 11.8. The molecule has 1 aliphatic rings. The van der Waals surface area contributed by atoms with Crippen LogP contribution in [0.5, 0.6) is 5.88 Å². The highest BCUT2D eigenvalue weighted by atomic mass is 32.1. The highest BCUT2D eigenvalue weighted by molar-refractivity contribution is 7.22. The molecule has 146 valence electrons. The number of hydrogen-bond acceptors (Lipinski definition) is 9. The fraction of sp³-hybridized carbons (Fsp3) is 0.353. The van der Waals surface area contributed by atoms with Crippen molar-refractivity contribution in [1.82, 2.24) is 25.3 Å². The molecule has 0 spiro atoms. The molecule has 0 bridgehead atoms. The number of aromatic nitrogens is 4. The highest BCUT2D eigenvalue weighted by Crippen LogP contribution is 2.35. The van der Waals surface area contributed by atoms with Gasteiger partial charge in [0.05, 0.1) is 13.2 Å². The van der Waals surface area contributed by atoms with Crippen molar-refractivity contribution in [3.05, 3.63) is 18.5 Å². The number of nitrogen functional groups attached to an aromatic ring is 1. The fourth-order valence-corrected chi connectivity index (χ4v) is 3.55. The zero-order valence-corrected chi connectivity index (χ0v) is 16.0. The summed E-state index contributed by atoms with van der Waals surface area (Å²) in [5.41, 5.74) is 7.65. The number of hydrogen-bond donors (Lipinski definition) is 3. The van der Waals surface area contributed by atoms with Gasteiger partial charge in [-0.3, -0.25) is 5.32 Å². The molecular weight excluding hydrogens is 382 g/mol. The van der Waals surface area contributed by atoms with E-state index in [-0.39, 0.29) is 18.1 Å². The molecule has 28 heavy (non-hydrogen) atoms. The molecule has 0 radical (unpaired) electrons. The number of pyridine rings is 1. The molecule has 11 heteroatoms. The van der Waals surface area contributed by atoms with E-state index in [0.29, 0.717) is 52.2 Å². The van der Waals surface area contributed by atoms with Crippen molar-refractivity contribution >= 4 is 38.8 Å². The van der Waals surface area contributed by atoms with Gasteiger partial charge in [0.2, 0.25) is 11.8 Å². The standard InChI is InChI=1S/C17H19N7O3S/c1-2-19-16(25)24-17-22-12-5-11(9-6-20-15(18)21-7-9)13(23-14(12)28-17)27-10-3-4-26-8-10/h5-7,10H,2-4,8H2,1H3,(H2,18,20,21)(H2,19,22,24,25). The zero-order valence-electron chi connectivity index (χ0n) is 15.1. The fourth-order valence-electron chi connectivity index (χ4n) is 2.74. The molecular formula is C17H19N7O3S. The van der Waals surface area contributed by atoms with Gasteiger partial charge in [-0.2, -0.15) is 0 Å². The van der Waals surface area contributed by atoms with Gasteiger partial charge in [-0.25, -0.2) is 24.7 Å². The van der Waals surface area contributed by atoms with Crippen LogP contribution in [0.1, 0.15) is 13.3 Å². The molecule has 1 saturated heterocycles. The molecule has 1 aliphatic heterocycles. The quantitative estimate of drug-likeness (QED) is 0.591. The lowest BCUT2D eigenvalue weighted by molar-refractivity contribution is 0.139. The van der Waals surface area contributed by atoms with E-state index >= 15 is 0 Å². The van der Waals surface area contributed by atoms with Crippen molar-refractivity contribution in [2.24, 2.45) is 0 Å². The van der Waals surface area contributed by atoms with Crippen molar-refractivity contribution in [1.29, 1.82) is 0 Å². The Morgan fingerprint density at radius 3 is 2.93 bits per heavy atom. The second kappa shape index (κ2) is 7.90. The van der Waals surface area contributed by atoms with Crippen molar-refractivity contribution < 1.29 is 14.3 Å². The van der Waals surface area contributed by atoms with Crippen molar-refractivity contribution in [2.75, 3.05) is 30.8 Å². The first-order valence-corrected chi connectivity index (χ1v) is 9.62. The third-order valence-corrected chi connectivity index (χ3v) is 4.94. The predicted molar refractivity (Wildman–Crippen MR) is 105 cm³/mol. The molecule has 10 nitrogen and oxygen atoms in total. The van der Waals surface area contributed by atoms with E-state index in [1.54, 1.807) is 12.4 Å². The van der Waals surface area contributed by atoms with Crippen LogP contribution in [-0.4, -0.2) is 51.8 Å². The van der Waals surface area contributed by atoms with Crippen molar-refractivity contribution in [2.45, 2.75) is 19.4 Å². The van der Waals surface area contributed by atoms with E-state index < -0.39 is 0 Å². The lowest BCUT2D eigenvalue weighted by Crippen LogP contribution is -2.28. The lowest BCUT2D eigenvalue weighted by Gasteiger charge is -2.14. The molecule has 1 atom stereocenters. The van der Waals surface area contributed by atoms with Crippen molar-refractivity contribution in [3.63, 3.8) is 0 Å². The first-order valence-electron chi connectivity index (χ1n) is 8.81. The predicted octanol–water partition coefficient (Wildman–Crippen LogP) is 2.04. The third kappa shape index (κ3) is 3.94. The monoisotopic (exact) mass is 401 g/mol. The molecule has 4 N–H and O–H groups in total. The maximum absolute atomic E-state index is 11.8. The second-order valence-electron chi connectivity index (χ2n) is 6.10. The average Bonchev–Trinajstić information content (AvgIpc) is 3.31. The van der Waals surface area contributed by atoms with Crippen LogP contribution in [0.15, 0.2) is 18.5 Å². The van der Waals surface area contributed by atoms with E-state index in [0.717, 1.165) is 6.42 Å². The molecule has 1 fully saturated rings. The molecule has 0 saturated carbocycles. The van der Waals surface area contributed by atoms with Crippen LogP contribution >= 0.6 is 11.3 Å². The van der Waals surface area contributed by atoms with Gasteiger partial charge in [0.25, 0.3) is 0 Å². The molecule has 0 aromatic carbocycles. The summed E-state index contributed by atoms with van der Waals surface area (Å²) in [6.07, 6.45) is 3.95. The Kier molecular flexibility index (Phi) is 5.17. The summed E-state index contributed by atoms with van der Waals surface area (Å²) in [6.45, 7) is 3.55. The topological polar surface area (TPSA) is 137 Å². The summed E-state index contributed by atoms with van der Waals surface area (Å²) in [5.74, 6) is 0.635. The molecule has 3 aromatic rings. The number of rotatable bonds is 5. The van der Waals surface area contributed by atoms with Crippen LogP contribution in [-0.2, 0) is 4.74 Å². The first kappa shape index (κ1) is 18.3. The number of thiazole rings is 1. The number of nitrogens with zero attached hydrogens (tertiary/aromatic N) is 4. The minimum Gasteiger partial charge on any atom is -0.471 e. The minimum absolute atomic E-state index is 0.0701. The maximum Gasteiger partial charge on any atom is 0.321 e. The van der Waals surface area contributed by atoms with Crippen molar-refractivity contribution in [3.8, 4) is 17.0 Å². The number of carbonyl (C=O) groups is 1. The molecule has 1 unspecified atom stereocenters. The van der Waals surface area contributed by atoms with Gasteiger partial charge in [-0.05, 0) is 13.0 Å². The van der Waals surface area contributed by atoms with Gasteiger partial charge in [0, 0.05) is 36.5 Å². The molecule has 4 heterocycles. The Bertz CT molecular complexity index is 986. The Labute approximate surface area is 164 Å². The number of nitrogens with two attached hydrogens (primary N) is 1. The van der Waals surface area contributed by atoms with E-state index in [1.807, 2.05) is 13.0 Å². The van der Waals surface area contributed by atoms with Gasteiger partial charge in [0.1, 0.15) is 16.5 Å². The van der Waals surface area contributed by atoms with E-state index in [1.165, 1.54) is 11.3 Å². The molecule has 4 rings (SSSR count). The Morgan fingerprint density at radius 2 is 2.21 bits per heavy atom. The van der Waals surface area contributed by atoms with Gasteiger partial charge < -0.3 is 20.5 Å². The van der Waals surface area contributed by atoms with Gasteiger partial charge in [0.15, 0.2) is 5.13 Å². The SMILES string of the molecule is CCNC(=O)Nc1nc2cc(-c3cnc(N)nc3)c(OC3CCOC3)nc2s1. The Balaban J connectivity index is 1.72. The van der Waals surface area contributed by atoms with Crippen LogP contribution in [0.25, 0.3) is 21.5 Å². The van der Waals surface area contributed by atoms with Crippen LogP contribution in [0.4, 0.5) is 15.9 Å². The number of ether oxygens (including phenoxy) is 2. The number of anilines is 2. The largest absolute Gasteiger partial charge is 0.471 e. The first-order chi connectivity index (χ1) is 13.6. The highest BCUT2D eigenvalue weighted by Gasteiger charge is 2.22. The summed E-state index contributed by atoms with van der Waals surface area (Å²) < 4.78 is 11.5. The normalized spacial score (nSPS) is 16.2. The second-order valence-corrected chi connectivity index (χ2v) is 7.08. The van der Waals surface area contributed by atoms with E-state index in [2.05, 4.69) is 30.6 Å². The lowest BCUT2D eigenvalue weighted by atomic mass is 10.1. The smallest absolute Gasteiger partial charge is 0.321 e.